The molecule has 112 valence electrons. The number of anilines is 1. The summed E-state index contributed by atoms with van der Waals surface area (Å²) in [5.74, 6) is -0.178. The summed E-state index contributed by atoms with van der Waals surface area (Å²) in [6, 6.07) is 5.99. The second-order valence-corrected chi connectivity index (χ2v) is 5.99. The molecule has 0 radical (unpaired) electrons. The first-order valence-electron chi connectivity index (χ1n) is 6.55. The molecular weight excluding hydrogens is 278 g/mol. The summed E-state index contributed by atoms with van der Waals surface area (Å²) in [5.41, 5.74) is 0.409. The molecule has 1 unspecified atom stereocenters. The van der Waals surface area contributed by atoms with Gasteiger partial charge in [-0.25, -0.2) is 13.1 Å². The Morgan fingerprint density at radius 1 is 1.20 bits per heavy atom. The highest BCUT2D eigenvalue weighted by Gasteiger charge is 2.19. The van der Waals surface area contributed by atoms with E-state index in [0.29, 0.717) is 18.8 Å². The summed E-state index contributed by atoms with van der Waals surface area (Å²) in [6.45, 7) is 6.06. The molecule has 0 fully saturated rings. The second-order valence-electron chi connectivity index (χ2n) is 4.26. The molecular formula is C13H21N3O3S. The van der Waals surface area contributed by atoms with Crippen LogP contribution in [0.2, 0.25) is 0 Å². The fourth-order valence-electron chi connectivity index (χ4n) is 1.71. The molecule has 0 saturated carbocycles. The Kier molecular flexibility index (Phi) is 5.97. The van der Waals surface area contributed by atoms with Gasteiger partial charge in [-0.05, 0) is 26.0 Å². The van der Waals surface area contributed by atoms with Gasteiger partial charge in [0.25, 0.3) is 0 Å². The standard InChI is InChI=1S/C13H21N3O3S/c1-4-14-13(17)10(3)16-11-8-6-7-9-12(11)20(18,19)15-5-2/h6-10,15-16H,4-5H2,1-3H3,(H,14,17). The van der Waals surface area contributed by atoms with Gasteiger partial charge in [-0.15, -0.1) is 0 Å². The summed E-state index contributed by atoms with van der Waals surface area (Å²) < 4.78 is 26.6. The van der Waals surface area contributed by atoms with E-state index in [1.165, 1.54) is 6.07 Å². The highest BCUT2D eigenvalue weighted by atomic mass is 32.2. The third-order valence-corrected chi connectivity index (χ3v) is 4.23. The van der Waals surface area contributed by atoms with E-state index in [9.17, 15) is 13.2 Å². The van der Waals surface area contributed by atoms with Gasteiger partial charge in [-0.2, -0.15) is 0 Å². The number of para-hydroxylation sites is 1. The van der Waals surface area contributed by atoms with E-state index in [1.54, 1.807) is 32.0 Å². The van der Waals surface area contributed by atoms with E-state index >= 15 is 0 Å². The van der Waals surface area contributed by atoms with Crippen LogP contribution < -0.4 is 15.4 Å². The van der Waals surface area contributed by atoms with Gasteiger partial charge < -0.3 is 10.6 Å². The Morgan fingerprint density at radius 3 is 2.45 bits per heavy atom. The lowest BCUT2D eigenvalue weighted by molar-refractivity contribution is -0.121. The lowest BCUT2D eigenvalue weighted by atomic mass is 10.2. The second kappa shape index (κ2) is 7.25. The fraction of sp³-hybridized carbons (Fsp3) is 0.462. The lowest BCUT2D eigenvalue weighted by Crippen LogP contribution is -2.37. The van der Waals surface area contributed by atoms with Crippen molar-refractivity contribution < 1.29 is 13.2 Å². The Labute approximate surface area is 120 Å². The Balaban J connectivity index is 3.00. The van der Waals surface area contributed by atoms with Crippen molar-refractivity contribution in [1.29, 1.82) is 0 Å². The molecule has 0 aliphatic rings. The number of rotatable bonds is 7. The topological polar surface area (TPSA) is 87.3 Å². The average molecular weight is 299 g/mol. The number of carbonyl (C=O) groups is 1. The number of carbonyl (C=O) groups excluding carboxylic acids is 1. The van der Waals surface area contributed by atoms with Crippen LogP contribution in [0.4, 0.5) is 5.69 Å². The minimum absolute atomic E-state index is 0.137. The maximum atomic E-state index is 12.1. The van der Waals surface area contributed by atoms with Crippen LogP contribution in [0.1, 0.15) is 20.8 Å². The molecule has 0 aliphatic heterocycles. The normalized spacial score (nSPS) is 12.8. The monoisotopic (exact) mass is 299 g/mol. The highest BCUT2D eigenvalue weighted by Crippen LogP contribution is 2.21. The Hall–Kier alpha value is -1.60. The molecule has 0 spiro atoms. The Bertz CT molecular complexity index is 558. The molecule has 6 nitrogen and oxygen atoms in total. The van der Waals surface area contributed by atoms with Crippen molar-refractivity contribution in [3.8, 4) is 0 Å². The van der Waals surface area contributed by atoms with Crippen LogP contribution in [0.3, 0.4) is 0 Å². The zero-order chi connectivity index (χ0) is 15.2. The maximum Gasteiger partial charge on any atom is 0.242 e. The van der Waals surface area contributed by atoms with Crippen LogP contribution in [0, 0.1) is 0 Å². The summed E-state index contributed by atoms with van der Waals surface area (Å²) in [7, 11) is -3.57. The highest BCUT2D eigenvalue weighted by molar-refractivity contribution is 7.89. The zero-order valence-corrected chi connectivity index (χ0v) is 12.8. The van der Waals surface area contributed by atoms with Gasteiger partial charge in [-0.3, -0.25) is 4.79 Å². The third kappa shape index (κ3) is 4.21. The van der Waals surface area contributed by atoms with Gasteiger partial charge in [0.15, 0.2) is 0 Å². The predicted molar refractivity (Wildman–Crippen MR) is 79.1 cm³/mol. The fourth-order valence-corrected chi connectivity index (χ4v) is 2.92. The molecule has 1 aromatic rings. The van der Waals surface area contributed by atoms with Crippen LogP contribution in [0.5, 0.6) is 0 Å². The molecule has 20 heavy (non-hydrogen) atoms. The minimum atomic E-state index is -3.57. The maximum absolute atomic E-state index is 12.1. The number of hydrogen-bond acceptors (Lipinski definition) is 4. The van der Waals surface area contributed by atoms with Gasteiger partial charge in [0, 0.05) is 13.1 Å². The average Bonchev–Trinajstić information content (AvgIpc) is 2.39. The summed E-state index contributed by atoms with van der Waals surface area (Å²) in [5, 5.41) is 5.61. The van der Waals surface area contributed by atoms with Crippen molar-refractivity contribution in [3.63, 3.8) is 0 Å². The van der Waals surface area contributed by atoms with Gasteiger partial charge in [-0.1, -0.05) is 19.1 Å². The van der Waals surface area contributed by atoms with Gasteiger partial charge >= 0.3 is 0 Å². The first-order chi connectivity index (χ1) is 9.42. The molecule has 1 aromatic carbocycles. The quantitative estimate of drug-likeness (QED) is 0.699. The molecule has 0 saturated heterocycles. The smallest absolute Gasteiger partial charge is 0.242 e. The first-order valence-corrected chi connectivity index (χ1v) is 8.03. The summed E-state index contributed by atoms with van der Waals surface area (Å²) in [6.07, 6.45) is 0. The zero-order valence-electron chi connectivity index (χ0n) is 11.9. The van der Waals surface area contributed by atoms with Crippen molar-refractivity contribution in [3.05, 3.63) is 24.3 Å². The van der Waals surface area contributed by atoms with E-state index in [1.807, 2.05) is 6.92 Å². The number of sulfonamides is 1. The molecule has 0 heterocycles. The van der Waals surface area contributed by atoms with Crippen LogP contribution in [0.15, 0.2) is 29.2 Å². The summed E-state index contributed by atoms with van der Waals surface area (Å²) >= 11 is 0. The molecule has 0 bridgehead atoms. The molecule has 0 aromatic heterocycles. The van der Waals surface area contributed by atoms with Gasteiger partial charge in [0.1, 0.15) is 10.9 Å². The van der Waals surface area contributed by atoms with E-state index in [-0.39, 0.29) is 10.8 Å². The molecule has 1 amide bonds. The molecule has 1 rings (SSSR count). The van der Waals surface area contributed by atoms with Crippen LogP contribution in [-0.2, 0) is 14.8 Å². The van der Waals surface area contributed by atoms with Crippen molar-refractivity contribution in [2.45, 2.75) is 31.7 Å². The van der Waals surface area contributed by atoms with E-state index in [4.69, 9.17) is 0 Å². The summed E-state index contributed by atoms with van der Waals surface area (Å²) in [4.78, 5) is 11.8. The SMILES string of the molecule is CCNC(=O)C(C)Nc1ccccc1S(=O)(=O)NCC. The predicted octanol–water partition coefficient (Wildman–Crippen LogP) is 0.921. The van der Waals surface area contributed by atoms with E-state index in [0.717, 1.165) is 0 Å². The van der Waals surface area contributed by atoms with Crippen molar-refractivity contribution in [1.82, 2.24) is 10.0 Å². The van der Waals surface area contributed by atoms with Gasteiger partial charge in [0.05, 0.1) is 5.69 Å². The van der Waals surface area contributed by atoms with E-state index < -0.39 is 16.1 Å². The van der Waals surface area contributed by atoms with Gasteiger partial charge in [0.2, 0.25) is 15.9 Å². The molecule has 7 heteroatoms. The van der Waals surface area contributed by atoms with Crippen molar-refractivity contribution >= 4 is 21.6 Å². The molecule has 3 N–H and O–H groups in total. The van der Waals surface area contributed by atoms with Crippen LogP contribution >= 0.6 is 0 Å². The number of likely N-dealkylation sites (N-methyl/N-ethyl adjacent to an activating group) is 1. The molecule has 0 aliphatic carbocycles. The minimum Gasteiger partial charge on any atom is -0.373 e. The number of nitrogens with one attached hydrogen (secondary N) is 3. The van der Waals surface area contributed by atoms with Crippen molar-refractivity contribution in [2.24, 2.45) is 0 Å². The van der Waals surface area contributed by atoms with Crippen LogP contribution in [0.25, 0.3) is 0 Å². The number of amides is 1. The number of hydrogen-bond donors (Lipinski definition) is 3. The molecule has 1 atom stereocenters. The number of benzene rings is 1. The third-order valence-electron chi connectivity index (χ3n) is 2.63. The van der Waals surface area contributed by atoms with Crippen molar-refractivity contribution in [2.75, 3.05) is 18.4 Å². The van der Waals surface area contributed by atoms with E-state index in [2.05, 4.69) is 15.4 Å². The Morgan fingerprint density at radius 2 is 1.85 bits per heavy atom. The first kappa shape index (κ1) is 16.5. The largest absolute Gasteiger partial charge is 0.373 e. The van der Waals surface area contributed by atoms with Crippen LogP contribution in [-0.4, -0.2) is 33.5 Å². The lowest BCUT2D eigenvalue weighted by Gasteiger charge is -2.17.